The Morgan fingerprint density at radius 3 is 1.92 bits per heavy atom. The lowest BCUT2D eigenvalue weighted by atomic mass is 10.1. The third-order valence-electron chi connectivity index (χ3n) is 4.43. The van der Waals surface area contributed by atoms with Gasteiger partial charge in [0.2, 0.25) is 5.91 Å². The molecule has 2 aromatic rings. The van der Waals surface area contributed by atoms with Gasteiger partial charge in [-0.3, -0.25) is 25.2 Å². The highest BCUT2D eigenvalue weighted by atomic mass is 16.2. The van der Waals surface area contributed by atoms with Crippen molar-refractivity contribution in [2.45, 2.75) is 26.2 Å². The van der Waals surface area contributed by atoms with Gasteiger partial charge in [-0.25, -0.2) is 0 Å². The molecule has 0 aromatic heterocycles. The largest absolute Gasteiger partial charge is 0.312 e. The number of carbonyl (C=O) groups excluding carboxylic acids is 3. The topological polar surface area (TPSA) is 78.5 Å². The Morgan fingerprint density at radius 2 is 1.46 bits per heavy atom. The molecule has 26 heavy (non-hydrogen) atoms. The molecule has 1 aliphatic rings. The molecule has 3 rings (SSSR count). The average molecular weight is 351 g/mol. The summed E-state index contributed by atoms with van der Waals surface area (Å²) < 4.78 is 0. The minimum Gasteiger partial charge on any atom is -0.312 e. The molecule has 0 radical (unpaired) electrons. The molecule has 1 saturated heterocycles. The van der Waals surface area contributed by atoms with E-state index in [9.17, 15) is 14.4 Å². The Hall–Kier alpha value is -3.15. The molecule has 1 aliphatic heterocycles. The van der Waals surface area contributed by atoms with Crippen molar-refractivity contribution in [2.24, 2.45) is 0 Å². The van der Waals surface area contributed by atoms with Crippen LogP contribution in [0.1, 0.15) is 46.0 Å². The van der Waals surface area contributed by atoms with Crippen molar-refractivity contribution in [2.75, 3.05) is 11.4 Å². The molecule has 6 nitrogen and oxygen atoms in total. The van der Waals surface area contributed by atoms with Crippen LogP contribution in [0, 0.1) is 0 Å². The van der Waals surface area contributed by atoms with Gasteiger partial charge in [-0.2, -0.15) is 0 Å². The standard InChI is InChI=1S/C20H21N3O3/c1-2-14-5-7-15(8-6-14)19(25)21-22-20(26)16-9-11-17(12-10-16)23-13-3-4-18(23)24/h5-12H,2-4,13H2,1H3,(H,21,25)(H,22,26). The fourth-order valence-corrected chi connectivity index (χ4v) is 2.86. The second-order valence-corrected chi connectivity index (χ2v) is 6.15. The van der Waals surface area contributed by atoms with Crippen molar-refractivity contribution >= 4 is 23.4 Å². The third-order valence-corrected chi connectivity index (χ3v) is 4.43. The van der Waals surface area contributed by atoms with Crippen LogP contribution in [0.3, 0.4) is 0 Å². The maximum absolute atomic E-state index is 12.2. The van der Waals surface area contributed by atoms with Crippen molar-refractivity contribution in [3.05, 3.63) is 65.2 Å². The number of anilines is 1. The van der Waals surface area contributed by atoms with Crippen molar-refractivity contribution in [3.8, 4) is 0 Å². The van der Waals surface area contributed by atoms with Gasteiger partial charge in [-0.05, 0) is 54.8 Å². The monoisotopic (exact) mass is 351 g/mol. The first kappa shape index (κ1) is 17.7. The number of nitrogens with one attached hydrogen (secondary N) is 2. The predicted octanol–water partition coefficient (Wildman–Crippen LogP) is 2.45. The number of aryl methyl sites for hydroxylation is 1. The van der Waals surface area contributed by atoms with Crippen molar-refractivity contribution in [1.82, 2.24) is 10.9 Å². The van der Waals surface area contributed by atoms with E-state index < -0.39 is 5.91 Å². The maximum Gasteiger partial charge on any atom is 0.269 e. The normalized spacial score (nSPS) is 13.6. The van der Waals surface area contributed by atoms with Crippen molar-refractivity contribution in [3.63, 3.8) is 0 Å². The smallest absolute Gasteiger partial charge is 0.269 e. The maximum atomic E-state index is 12.2. The minimum atomic E-state index is -0.414. The quantitative estimate of drug-likeness (QED) is 0.831. The highest BCUT2D eigenvalue weighted by Gasteiger charge is 2.21. The van der Waals surface area contributed by atoms with Gasteiger partial charge in [0, 0.05) is 29.8 Å². The van der Waals surface area contributed by atoms with E-state index in [0.29, 0.717) is 24.1 Å². The fraction of sp³-hybridized carbons (Fsp3) is 0.250. The average Bonchev–Trinajstić information content (AvgIpc) is 3.12. The molecule has 1 fully saturated rings. The van der Waals surface area contributed by atoms with Gasteiger partial charge < -0.3 is 4.90 Å². The zero-order chi connectivity index (χ0) is 18.5. The summed E-state index contributed by atoms with van der Waals surface area (Å²) in [7, 11) is 0. The van der Waals surface area contributed by atoms with E-state index in [0.717, 1.165) is 24.1 Å². The van der Waals surface area contributed by atoms with Gasteiger partial charge >= 0.3 is 0 Å². The molecule has 134 valence electrons. The second kappa shape index (κ2) is 7.82. The summed E-state index contributed by atoms with van der Waals surface area (Å²) in [5.41, 5.74) is 7.62. The molecule has 0 atom stereocenters. The van der Waals surface area contributed by atoms with Crippen LogP contribution in [0.15, 0.2) is 48.5 Å². The first-order valence-electron chi connectivity index (χ1n) is 8.68. The Balaban J connectivity index is 1.57. The molecule has 0 saturated carbocycles. The molecular formula is C20H21N3O3. The SMILES string of the molecule is CCc1ccc(C(=O)NNC(=O)c2ccc(N3CCCC3=O)cc2)cc1. The van der Waals surface area contributed by atoms with E-state index in [2.05, 4.69) is 10.9 Å². The second-order valence-electron chi connectivity index (χ2n) is 6.15. The van der Waals surface area contributed by atoms with Crippen LogP contribution < -0.4 is 15.8 Å². The summed E-state index contributed by atoms with van der Waals surface area (Å²) in [4.78, 5) is 37.7. The summed E-state index contributed by atoms with van der Waals surface area (Å²) in [5.74, 6) is -0.688. The Morgan fingerprint density at radius 1 is 0.923 bits per heavy atom. The van der Waals surface area contributed by atoms with Gasteiger partial charge in [-0.1, -0.05) is 19.1 Å². The molecule has 0 spiro atoms. The first-order valence-corrected chi connectivity index (χ1v) is 8.68. The number of benzene rings is 2. The Labute approximate surface area is 152 Å². The number of hydrazine groups is 1. The first-order chi connectivity index (χ1) is 12.6. The summed E-state index contributed by atoms with van der Waals surface area (Å²) >= 11 is 0. The van der Waals surface area contributed by atoms with Crippen LogP contribution in [0.2, 0.25) is 0 Å². The number of hydrogen-bond acceptors (Lipinski definition) is 3. The van der Waals surface area contributed by atoms with E-state index in [1.165, 1.54) is 0 Å². The molecule has 0 aliphatic carbocycles. The molecule has 3 amide bonds. The number of amides is 3. The summed E-state index contributed by atoms with van der Waals surface area (Å²) in [6, 6.07) is 14.0. The van der Waals surface area contributed by atoms with Crippen LogP contribution in [0.5, 0.6) is 0 Å². The highest BCUT2D eigenvalue weighted by molar-refractivity contribution is 6.00. The lowest BCUT2D eigenvalue weighted by Crippen LogP contribution is -2.41. The van der Waals surface area contributed by atoms with Crippen molar-refractivity contribution in [1.29, 1.82) is 0 Å². The van der Waals surface area contributed by atoms with Crippen molar-refractivity contribution < 1.29 is 14.4 Å². The Kier molecular flexibility index (Phi) is 5.31. The van der Waals surface area contributed by atoms with Crippen LogP contribution in [-0.2, 0) is 11.2 Å². The van der Waals surface area contributed by atoms with Gasteiger partial charge in [0.25, 0.3) is 11.8 Å². The molecule has 6 heteroatoms. The van der Waals surface area contributed by atoms with Gasteiger partial charge in [0.05, 0.1) is 0 Å². The lowest BCUT2D eigenvalue weighted by Gasteiger charge is -2.15. The molecule has 0 bridgehead atoms. The van der Waals surface area contributed by atoms with E-state index in [4.69, 9.17) is 0 Å². The van der Waals surface area contributed by atoms with Crippen LogP contribution in [0.4, 0.5) is 5.69 Å². The number of nitrogens with zero attached hydrogens (tertiary/aromatic N) is 1. The van der Waals surface area contributed by atoms with E-state index in [-0.39, 0.29) is 11.8 Å². The molecule has 1 heterocycles. The zero-order valence-electron chi connectivity index (χ0n) is 14.6. The molecular weight excluding hydrogens is 330 g/mol. The third kappa shape index (κ3) is 3.91. The van der Waals surface area contributed by atoms with Crippen LogP contribution >= 0.6 is 0 Å². The van der Waals surface area contributed by atoms with E-state index in [1.807, 2.05) is 19.1 Å². The van der Waals surface area contributed by atoms with Gasteiger partial charge in [0.15, 0.2) is 0 Å². The number of rotatable bonds is 4. The Bertz CT molecular complexity index is 813. The van der Waals surface area contributed by atoms with Crippen LogP contribution in [0.25, 0.3) is 0 Å². The lowest BCUT2D eigenvalue weighted by molar-refractivity contribution is -0.117. The number of carbonyl (C=O) groups is 3. The number of hydrogen-bond donors (Lipinski definition) is 2. The van der Waals surface area contributed by atoms with Crippen LogP contribution in [-0.4, -0.2) is 24.3 Å². The van der Waals surface area contributed by atoms with Gasteiger partial charge in [-0.15, -0.1) is 0 Å². The summed E-state index contributed by atoms with van der Waals surface area (Å²) in [6.45, 7) is 2.75. The summed E-state index contributed by atoms with van der Waals surface area (Å²) in [6.07, 6.45) is 2.32. The highest BCUT2D eigenvalue weighted by Crippen LogP contribution is 2.21. The van der Waals surface area contributed by atoms with E-state index >= 15 is 0 Å². The molecule has 2 N–H and O–H groups in total. The molecule has 0 unspecified atom stereocenters. The van der Waals surface area contributed by atoms with E-state index in [1.54, 1.807) is 41.3 Å². The van der Waals surface area contributed by atoms with Gasteiger partial charge in [0.1, 0.15) is 0 Å². The molecule has 2 aromatic carbocycles. The summed E-state index contributed by atoms with van der Waals surface area (Å²) in [5, 5.41) is 0. The zero-order valence-corrected chi connectivity index (χ0v) is 14.6. The minimum absolute atomic E-state index is 0.101. The fourth-order valence-electron chi connectivity index (χ4n) is 2.86. The predicted molar refractivity (Wildman–Crippen MR) is 98.8 cm³/mol.